The summed E-state index contributed by atoms with van der Waals surface area (Å²) in [6, 6.07) is 19.5. The zero-order chi connectivity index (χ0) is 23.0. The first-order valence-electron chi connectivity index (χ1n) is 10.4. The lowest BCUT2D eigenvalue weighted by atomic mass is 9.93. The Morgan fingerprint density at radius 1 is 0.906 bits per heavy atom. The van der Waals surface area contributed by atoms with Crippen LogP contribution >= 0.6 is 0 Å². The fourth-order valence-corrected chi connectivity index (χ4v) is 4.15. The lowest BCUT2D eigenvalue weighted by Gasteiger charge is -2.27. The smallest absolute Gasteiger partial charge is 0.300 e. The van der Waals surface area contributed by atoms with Crippen molar-refractivity contribution in [2.45, 2.75) is 26.8 Å². The van der Waals surface area contributed by atoms with Gasteiger partial charge < -0.3 is 9.84 Å². The molecule has 3 aromatic carbocycles. The Morgan fingerprint density at radius 2 is 1.59 bits per heavy atom. The highest BCUT2D eigenvalue weighted by Crippen LogP contribution is 2.43. The molecule has 0 bridgehead atoms. The molecule has 1 aliphatic heterocycles. The highest BCUT2D eigenvalue weighted by atomic mass is 16.5. The molecule has 1 fully saturated rings. The quantitative estimate of drug-likeness (QED) is 0.351. The molecule has 5 nitrogen and oxygen atoms in total. The van der Waals surface area contributed by atoms with E-state index >= 15 is 0 Å². The summed E-state index contributed by atoms with van der Waals surface area (Å²) in [7, 11) is 1.58. The minimum absolute atomic E-state index is 0.0807. The third-order valence-corrected chi connectivity index (χ3v) is 5.90. The summed E-state index contributed by atoms with van der Waals surface area (Å²) >= 11 is 0. The normalized spacial score (nSPS) is 17.6. The van der Waals surface area contributed by atoms with Crippen LogP contribution in [0.5, 0.6) is 5.75 Å². The van der Waals surface area contributed by atoms with Gasteiger partial charge in [-0.15, -0.1) is 0 Å². The van der Waals surface area contributed by atoms with Crippen molar-refractivity contribution in [3.05, 3.63) is 100 Å². The number of anilines is 1. The van der Waals surface area contributed by atoms with Crippen LogP contribution in [0.3, 0.4) is 0 Å². The van der Waals surface area contributed by atoms with E-state index in [0.29, 0.717) is 22.6 Å². The van der Waals surface area contributed by atoms with Crippen LogP contribution in [0.25, 0.3) is 5.76 Å². The van der Waals surface area contributed by atoms with Crippen LogP contribution in [0.15, 0.2) is 72.3 Å². The monoisotopic (exact) mass is 427 g/mol. The molecule has 162 valence electrons. The molecule has 1 saturated heterocycles. The second-order valence-corrected chi connectivity index (χ2v) is 8.05. The molecule has 0 aliphatic carbocycles. The number of nitrogens with zero attached hydrogens (tertiary/aromatic N) is 1. The van der Waals surface area contributed by atoms with Crippen LogP contribution in [0, 0.1) is 20.8 Å². The van der Waals surface area contributed by atoms with Crippen molar-refractivity contribution in [1.29, 1.82) is 0 Å². The average Bonchev–Trinajstić information content (AvgIpc) is 3.06. The second kappa shape index (κ2) is 8.35. The van der Waals surface area contributed by atoms with Crippen LogP contribution in [-0.2, 0) is 9.59 Å². The van der Waals surface area contributed by atoms with Gasteiger partial charge in [-0.25, -0.2) is 0 Å². The van der Waals surface area contributed by atoms with E-state index in [4.69, 9.17) is 4.74 Å². The number of ketones is 1. The van der Waals surface area contributed by atoms with Gasteiger partial charge in [0.05, 0.1) is 18.7 Å². The lowest BCUT2D eigenvalue weighted by Crippen LogP contribution is -2.30. The molecule has 1 unspecified atom stereocenters. The highest BCUT2D eigenvalue weighted by molar-refractivity contribution is 6.51. The van der Waals surface area contributed by atoms with Gasteiger partial charge >= 0.3 is 0 Å². The van der Waals surface area contributed by atoms with Gasteiger partial charge in [-0.2, -0.15) is 0 Å². The van der Waals surface area contributed by atoms with E-state index in [1.165, 1.54) is 4.90 Å². The predicted molar refractivity (Wildman–Crippen MR) is 125 cm³/mol. The van der Waals surface area contributed by atoms with Crippen molar-refractivity contribution < 1.29 is 19.4 Å². The van der Waals surface area contributed by atoms with Gasteiger partial charge in [0.15, 0.2) is 0 Å². The maximum atomic E-state index is 13.3. The summed E-state index contributed by atoms with van der Waals surface area (Å²) in [6.07, 6.45) is 0. The first-order chi connectivity index (χ1) is 15.3. The third-order valence-electron chi connectivity index (χ3n) is 5.90. The summed E-state index contributed by atoms with van der Waals surface area (Å²) in [5, 5.41) is 11.3. The van der Waals surface area contributed by atoms with Crippen molar-refractivity contribution in [3.63, 3.8) is 0 Å². The number of rotatable bonds is 4. The standard InChI is InChI=1S/C27H25NO4/c1-16-9-10-17(2)21(15-16)25(29)23-24(19-11-13-20(32-4)14-12-19)28(27(31)26(23)30)22-8-6-5-7-18(22)3/h5-15,24,29H,1-4H3/b25-23+. The Bertz CT molecular complexity index is 1240. The van der Waals surface area contributed by atoms with Gasteiger partial charge in [-0.05, 0) is 61.7 Å². The minimum Gasteiger partial charge on any atom is -0.507 e. The fourth-order valence-electron chi connectivity index (χ4n) is 4.15. The SMILES string of the molecule is COc1ccc(C2/C(=C(\O)c3cc(C)ccc3C)C(=O)C(=O)N2c2ccccc2C)cc1. The summed E-state index contributed by atoms with van der Waals surface area (Å²) in [6.45, 7) is 5.68. The molecular formula is C27H25NO4. The van der Waals surface area contributed by atoms with Crippen LogP contribution in [0.4, 0.5) is 5.69 Å². The summed E-state index contributed by atoms with van der Waals surface area (Å²) < 4.78 is 5.27. The van der Waals surface area contributed by atoms with Gasteiger partial charge in [0.25, 0.3) is 11.7 Å². The van der Waals surface area contributed by atoms with E-state index < -0.39 is 17.7 Å². The lowest BCUT2D eigenvalue weighted by molar-refractivity contribution is -0.132. The van der Waals surface area contributed by atoms with E-state index in [1.54, 1.807) is 19.2 Å². The molecule has 1 amide bonds. The number of aryl methyl sites for hydroxylation is 3. The van der Waals surface area contributed by atoms with Gasteiger partial charge in [0.2, 0.25) is 0 Å². The van der Waals surface area contributed by atoms with Crippen LogP contribution in [0.2, 0.25) is 0 Å². The number of hydrogen-bond donors (Lipinski definition) is 1. The van der Waals surface area contributed by atoms with Crippen LogP contribution in [-0.4, -0.2) is 23.9 Å². The van der Waals surface area contributed by atoms with E-state index in [2.05, 4.69) is 0 Å². The van der Waals surface area contributed by atoms with Crippen molar-refractivity contribution in [1.82, 2.24) is 0 Å². The Hall–Kier alpha value is -3.86. The number of amides is 1. The molecular weight excluding hydrogens is 402 g/mol. The summed E-state index contributed by atoms with van der Waals surface area (Å²) in [5.74, 6) is -0.864. The Morgan fingerprint density at radius 3 is 2.25 bits per heavy atom. The number of aliphatic hydroxyl groups is 1. The number of Topliss-reactive ketones (excluding diaryl/α,β-unsaturated/α-hetero) is 1. The Kier molecular flexibility index (Phi) is 5.57. The molecule has 1 heterocycles. The van der Waals surface area contributed by atoms with E-state index in [1.807, 2.05) is 75.4 Å². The number of carbonyl (C=O) groups is 2. The Labute approximate surface area is 187 Å². The third kappa shape index (κ3) is 3.56. The number of ether oxygens (including phenoxy) is 1. The molecule has 0 spiro atoms. The molecule has 0 saturated carbocycles. The number of hydrogen-bond acceptors (Lipinski definition) is 4. The zero-order valence-electron chi connectivity index (χ0n) is 18.5. The first kappa shape index (κ1) is 21.4. The topological polar surface area (TPSA) is 66.8 Å². The van der Waals surface area contributed by atoms with Crippen molar-refractivity contribution in [3.8, 4) is 5.75 Å². The number of benzene rings is 3. The zero-order valence-corrected chi connectivity index (χ0v) is 18.5. The van der Waals surface area contributed by atoms with Crippen LogP contribution in [0.1, 0.15) is 33.9 Å². The molecule has 5 heteroatoms. The average molecular weight is 428 g/mol. The minimum atomic E-state index is -0.762. The fraction of sp³-hybridized carbons (Fsp3) is 0.185. The van der Waals surface area contributed by atoms with Crippen molar-refractivity contribution in [2.24, 2.45) is 0 Å². The molecule has 1 N–H and O–H groups in total. The van der Waals surface area contributed by atoms with Gasteiger partial charge in [0.1, 0.15) is 11.5 Å². The van der Waals surface area contributed by atoms with Crippen molar-refractivity contribution in [2.75, 3.05) is 12.0 Å². The molecule has 3 aromatic rings. The van der Waals surface area contributed by atoms with E-state index in [-0.39, 0.29) is 11.3 Å². The first-order valence-corrected chi connectivity index (χ1v) is 10.4. The predicted octanol–water partition coefficient (Wildman–Crippen LogP) is 5.25. The molecule has 1 aliphatic rings. The van der Waals surface area contributed by atoms with Gasteiger partial charge in [-0.3, -0.25) is 14.5 Å². The summed E-state index contributed by atoms with van der Waals surface area (Å²) in [5.41, 5.74) is 4.61. The van der Waals surface area contributed by atoms with E-state index in [9.17, 15) is 14.7 Å². The largest absolute Gasteiger partial charge is 0.507 e. The number of para-hydroxylation sites is 1. The van der Waals surface area contributed by atoms with Crippen molar-refractivity contribution >= 4 is 23.1 Å². The number of carbonyl (C=O) groups excluding carboxylic acids is 2. The number of aliphatic hydroxyl groups excluding tert-OH is 1. The summed E-state index contributed by atoms with van der Waals surface area (Å²) in [4.78, 5) is 28.0. The maximum absolute atomic E-state index is 13.3. The number of methoxy groups -OCH3 is 1. The van der Waals surface area contributed by atoms with Gasteiger partial charge in [-0.1, -0.05) is 48.0 Å². The van der Waals surface area contributed by atoms with Crippen LogP contribution < -0.4 is 9.64 Å². The van der Waals surface area contributed by atoms with Gasteiger partial charge in [0, 0.05) is 11.3 Å². The molecule has 0 radical (unpaired) electrons. The highest BCUT2D eigenvalue weighted by Gasteiger charge is 2.47. The van der Waals surface area contributed by atoms with E-state index in [0.717, 1.165) is 16.7 Å². The molecule has 4 rings (SSSR count). The molecule has 32 heavy (non-hydrogen) atoms. The molecule has 1 atom stereocenters. The molecule has 0 aromatic heterocycles. The second-order valence-electron chi connectivity index (χ2n) is 8.05. The maximum Gasteiger partial charge on any atom is 0.300 e. The Balaban J connectivity index is 1.99.